The van der Waals surface area contributed by atoms with Gasteiger partial charge in [-0.25, -0.2) is 4.98 Å². The number of para-hydroxylation sites is 1. The average molecular weight is 411 g/mol. The molecule has 2 aliphatic rings. The Labute approximate surface area is 174 Å². The standard InChI is InChI=1S/C22H26N4O2S/c1-22(21-24-20(28-25-21)15-9-10-15)11-13-26(14-12-22)19(27)8-4-7-18-23-16-5-2-3-6-17(16)29-18/h2-3,5-6,15H,4,7-14H2,1H3. The summed E-state index contributed by atoms with van der Waals surface area (Å²) < 4.78 is 6.67. The van der Waals surface area contributed by atoms with E-state index in [0.717, 1.165) is 73.9 Å². The van der Waals surface area contributed by atoms with Crippen LogP contribution in [0.15, 0.2) is 28.8 Å². The molecule has 5 rings (SSSR count). The second-order valence-corrected chi connectivity index (χ2v) is 9.72. The van der Waals surface area contributed by atoms with Crippen LogP contribution in [-0.2, 0) is 16.6 Å². The van der Waals surface area contributed by atoms with Gasteiger partial charge >= 0.3 is 0 Å². The number of nitrogens with zero attached hydrogens (tertiary/aromatic N) is 4. The van der Waals surface area contributed by atoms with E-state index < -0.39 is 0 Å². The van der Waals surface area contributed by atoms with E-state index >= 15 is 0 Å². The Bertz CT molecular complexity index is 982. The maximum absolute atomic E-state index is 12.7. The van der Waals surface area contributed by atoms with E-state index in [0.29, 0.717) is 12.3 Å². The number of piperidine rings is 1. The van der Waals surface area contributed by atoms with Crippen LogP contribution in [0.1, 0.15) is 68.1 Å². The summed E-state index contributed by atoms with van der Waals surface area (Å²) in [7, 11) is 0. The van der Waals surface area contributed by atoms with E-state index in [4.69, 9.17) is 4.52 Å². The van der Waals surface area contributed by atoms with Gasteiger partial charge in [-0.05, 0) is 50.7 Å². The van der Waals surface area contributed by atoms with Crippen LogP contribution in [0.2, 0.25) is 0 Å². The van der Waals surface area contributed by atoms with E-state index in [1.807, 2.05) is 23.1 Å². The predicted octanol–water partition coefficient (Wildman–Crippen LogP) is 4.46. The van der Waals surface area contributed by atoms with Crippen LogP contribution in [0.4, 0.5) is 0 Å². The monoisotopic (exact) mass is 410 g/mol. The number of thiazole rings is 1. The maximum Gasteiger partial charge on any atom is 0.229 e. The molecule has 1 aliphatic carbocycles. The van der Waals surface area contributed by atoms with Gasteiger partial charge in [0.05, 0.1) is 15.2 Å². The van der Waals surface area contributed by atoms with Crippen molar-refractivity contribution in [2.24, 2.45) is 0 Å². The van der Waals surface area contributed by atoms with Gasteiger partial charge in [-0.2, -0.15) is 4.98 Å². The van der Waals surface area contributed by atoms with Crippen molar-refractivity contribution in [2.45, 2.75) is 63.2 Å². The number of amides is 1. The molecule has 3 heterocycles. The van der Waals surface area contributed by atoms with Gasteiger partial charge in [-0.15, -0.1) is 11.3 Å². The van der Waals surface area contributed by atoms with Crippen LogP contribution >= 0.6 is 11.3 Å². The Kier molecular flexibility index (Phi) is 4.86. The lowest BCUT2D eigenvalue weighted by atomic mass is 9.79. The fraction of sp³-hybridized carbons (Fsp3) is 0.545. The Morgan fingerprint density at radius 2 is 2.03 bits per heavy atom. The Morgan fingerprint density at radius 1 is 1.24 bits per heavy atom. The van der Waals surface area contributed by atoms with Gasteiger partial charge in [0.1, 0.15) is 0 Å². The van der Waals surface area contributed by atoms with Crippen molar-refractivity contribution in [1.29, 1.82) is 0 Å². The molecule has 0 spiro atoms. The maximum atomic E-state index is 12.7. The molecule has 2 aromatic heterocycles. The highest BCUT2D eigenvalue weighted by atomic mass is 32.1. The van der Waals surface area contributed by atoms with Gasteiger partial charge in [0.15, 0.2) is 5.82 Å². The number of hydrogen-bond acceptors (Lipinski definition) is 6. The van der Waals surface area contributed by atoms with E-state index in [1.54, 1.807) is 11.3 Å². The Morgan fingerprint density at radius 3 is 2.79 bits per heavy atom. The van der Waals surface area contributed by atoms with E-state index in [9.17, 15) is 4.79 Å². The van der Waals surface area contributed by atoms with E-state index in [2.05, 4.69) is 28.1 Å². The first-order valence-electron chi connectivity index (χ1n) is 10.6. The minimum atomic E-state index is -0.0889. The van der Waals surface area contributed by atoms with Crippen LogP contribution in [0.25, 0.3) is 10.2 Å². The van der Waals surface area contributed by atoms with Gasteiger partial charge in [0.2, 0.25) is 11.8 Å². The van der Waals surface area contributed by atoms with Crippen molar-refractivity contribution >= 4 is 27.5 Å². The molecule has 1 amide bonds. The lowest BCUT2D eigenvalue weighted by Crippen LogP contribution is -2.44. The summed E-state index contributed by atoms with van der Waals surface area (Å²) >= 11 is 1.73. The predicted molar refractivity (Wildman–Crippen MR) is 112 cm³/mol. The SMILES string of the molecule is CC1(c2noc(C3CC3)n2)CCN(C(=O)CCCc2nc3ccccc3s2)CC1. The third-order valence-corrected chi connectivity index (χ3v) is 7.34. The van der Waals surface area contributed by atoms with Crippen molar-refractivity contribution in [2.75, 3.05) is 13.1 Å². The fourth-order valence-electron chi connectivity index (χ4n) is 4.03. The molecular weight excluding hydrogens is 384 g/mol. The number of hydrogen-bond donors (Lipinski definition) is 0. The number of fused-ring (bicyclic) bond motifs is 1. The van der Waals surface area contributed by atoms with Crippen LogP contribution < -0.4 is 0 Å². The average Bonchev–Trinajstić information content (AvgIpc) is 3.30. The molecule has 2 fully saturated rings. The Balaban J connectivity index is 1.11. The van der Waals surface area contributed by atoms with Gasteiger partial charge in [-0.1, -0.05) is 24.2 Å². The van der Waals surface area contributed by atoms with Crippen molar-refractivity contribution in [3.05, 3.63) is 41.0 Å². The zero-order valence-corrected chi connectivity index (χ0v) is 17.6. The zero-order chi connectivity index (χ0) is 19.8. The molecule has 7 heteroatoms. The number of benzene rings is 1. The summed E-state index contributed by atoms with van der Waals surface area (Å²) in [5, 5.41) is 5.37. The smallest absolute Gasteiger partial charge is 0.229 e. The van der Waals surface area contributed by atoms with Crippen molar-refractivity contribution in [3.63, 3.8) is 0 Å². The minimum absolute atomic E-state index is 0.0889. The number of carbonyl (C=O) groups excluding carboxylic acids is 1. The summed E-state index contributed by atoms with van der Waals surface area (Å²) in [5.74, 6) is 2.36. The molecule has 1 aliphatic heterocycles. The third-order valence-electron chi connectivity index (χ3n) is 6.25. The Hall–Kier alpha value is -2.28. The van der Waals surface area contributed by atoms with Gasteiger partial charge < -0.3 is 9.42 Å². The molecular formula is C22H26N4O2S. The fourth-order valence-corrected chi connectivity index (χ4v) is 5.03. The first kappa shape index (κ1) is 18.7. The molecule has 6 nitrogen and oxygen atoms in total. The van der Waals surface area contributed by atoms with Gasteiger partial charge in [0, 0.05) is 30.8 Å². The van der Waals surface area contributed by atoms with E-state index in [1.165, 1.54) is 4.70 Å². The molecule has 1 aromatic carbocycles. The molecule has 0 radical (unpaired) electrons. The van der Waals surface area contributed by atoms with Gasteiger partial charge in [-0.3, -0.25) is 4.79 Å². The molecule has 0 bridgehead atoms. The van der Waals surface area contributed by atoms with Crippen molar-refractivity contribution in [1.82, 2.24) is 20.0 Å². The molecule has 1 saturated heterocycles. The zero-order valence-electron chi connectivity index (χ0n) is 16.8. The summed E-state index contributed by atoms with van der Waals surface area (Å²) in [6.07, 6.45) is 6.40. The summed E-state index contributed by atoms with van der Waals surface area (Å²) in [5.41, 5.74) is 0.967. The number of rotatable bonds is 6. The first-order valence-corrected chi connectivity index (χ1v) is 11.4. The molecule has 3 aromatic rings. The molecule has 1 saturated carbocycles. The molecule has 152 valence electrons. The quantitative estimate of drug-likeness (QED) is 0.600. The first-order chi connectivity index (χ1) is 14.1. The summed E-state index contributed by atoms with van der Waals surface area (Å²) in [4.78, 5) is 24.0. The third kappa shape index (κ3) is 3.92. The van der Waals surface area contributed by atoms with Crippen LogP contribution in [0, 0.1) is 0 Å². The minimum Gasteiger partial charge on any atom is -0.343 e. The highest BCUT2D eigenvalue weighted by Crippen LogP contribution is 2.41. The molecule has 0 N–H and O–H groups in total. The number of likely N-dealkylation sites (tertiary alicyclic amines) is 1. The summed E-state index contributed by atoms with van der Waals surface area (Å²) in [6, 6.07) is 8.20. The van der Waals surface area contributed by atoms with E-state index in [-0.39, 0.29) is 11.3 Å². The van der Waals surface area contributed by atoms with Crippen LogP contribution in [0.5, 0.6) is 0 Å². The highest BCUT2D eigenvalue weighted by Gasteiger charge is 2.39. The van der Waals surface area contributed by atoms with Crippen LogP contribution in [0.3, 0.4) is 0 Å². The number of carbonyl (C=O) groups is 1. The summed E-state index contributed by atoms with van der Waals surface area (Å²) in [6.45, 7) is 3.73. The van der Waals surface area contributed by atoms with Crippen molar-refractivity contribution in [3.8, 4) is 0 Å². The normalized spacial score (nSPS) is 19.0. The molecule has 0 atom stereocenters. The number of aromatic nitrogens is 3. The van der Waals surface area contributed by atoms with Gasteiger partial charge in [0.25, 0.3) is 0 Å². The largest absolute Gasteiger partial charge is 0.343 e. The van der Waals surface area contributed by atoms with Crippen LogP contribution in [-0.4, -0.2) is 39.0 Å². The highest BCUT2D eigenvalue weighted by molar-refractivity contribution is 7.18. The second kappa shape index (κ2) is 7.52. The molecule has 0 unspecified atom stereocenters. The van der Waals surface area contributed by atoms with Crippen molar-refractivity contribution < 1.29 is 9.32 Å². The number of aryl methyl sites for hydroxylation is 1. The second-order valence-electron chi connectivity index (χ2n) is 8.60. The lowest BCUT2D eigenvalue weighted by molar-refractivity contribution is -0.132. The lowest BCUT2D eigenvalue weighted by Gasteiger charge is -2.37. The molecule has 29 heavy (non-hydrogen) atoms. The topological polar surface area (TPSA) is 72.1 Å².